The molecule has 1 fully saturated rings. The number of hydrogen-bond donors (Lipinski definition) is 1. The number of carbonyl (C=O) groups excluding carboxylic acids is 1. The molecule has 1 atom stereocenters. The van der Waals surface area contributed by atoms with Gasteiger partial charge in [-0.3, -0.25) is 4.79 Å². The van der Waals surface area contributed by atoms with Gasteiger partial charge in [-0.25, -0.2) is 8.78 Å². The van der Waals surface area contributed by atoms with E-state index in [9.17, 15) is 13.6 Å². The number of thioether (sulfide) groups is 1. The highest BCUT2D eigenvalue weighted by Gasteiger charge is 2.18. The van der Waals surface area contributed by atoms with Gasteiger partial charge < -0.3 is 5.32 Å². The Balaban J connectivity index is 1.90. The first-order valence-corrected chi connectivity index (χ1v) is 7.13. The van der Waals surface area contributed by atoms with Crippen molar-refractivity contribution in [3.63, 3.8) is 0 Å². The maximum atomic E-state index is 13.3. The van der Waals surface area contributed by atoms with Gasteiger partial charge in [0.25, 0.3) is 0 Å². The number of rotatable bonds is 3. The summed E-state index contributed by atoms with van der Waals surface area (Å²) in [6.45, 7) is 0. The molecule has 0 bridgehead atoms. The predicted octanol–water partition coefficient (Wildman–Crippen LogP) is 3.44. The van der Waals surface area contributed by atoms with Crippen LogP contribution in [0.15, 0.2) is 18.2 Å². The minimum atomic E-state index is -0.735. The highest BCUT2D eigenvalue weighted by atomic mass is 32.2. The van der Waals surface area contributed by atoms with Gasteiger partial charge >= 0.3 is 0 Å². The average Bonchev–Trinajstić information content (AvgIpc) is 2.34. The van der Waals surface area contributed by atoms with Gasteiger partial charge in [0, 0.05) is 12.5 Å². The molecule has 1 amide bonds. The number of hydrogen-bond acceptors (Lipinski definition) is 2. The maximum absolute atomic E-state index is 13.3. The molecule has 1 aliphatic rings. The maximum Gasteiger partial charge on any atom is 0.224 e. The zero-order valence-corrected chi connectivity index (χ0v) is 10.7. The fraction of sp³-hybridized carbons (Fsp3) is 0.462. The lowest BCUT2D eigenvalue weighted by atomic mass is 10.0. The Bertz CT molecular complexity index is 433. The summed E-state index contributed by atoms with van der Waals surface area (Å²) in [6, 6.07) is 3.15. The van der Waals surface area contributed by atoms with Crippen molar-refractivity contribution in [2.75, 3.05) is 16.8 Å². The van der Waals surface area contributed by atoms with Crippen LogP contribution < -0.4 is 5.32 Å². The molecule has 1 unspecified atom stereocenters. The van der Waals surface area contributed by atoms with E-state index >= 15 is 0 Å². The van der Waals surface area contributed by atoms with Crippen molar-refractivity contribution < 1.29 is 13.6 Å². The standard InChI is InChI=1S/C13H15F2NOS/c14-10-3-4-12(11(15)7-10)16-13(17)6-9-2-1-5-18-8-9/h3-4,7,9H,1-2,5-6,8H2,(H,16,17). The van der Waals surface area contributed by atoms with E-state index in [1.807, 2.05) is 11.8 Å². The lowest BCUT2D eigenvalue weighted by Crippen LogP contribution is -2.20. The lowest BCUT2D eigenvalue weighted by molar-refractivity contribution is -0.117. The van der Waals surface area contributed by atoms with Crippen molar-refractivity contribution >= 4 is 23.4 Å². The average molecular weight is 271 g/mol. The summed E-state index contributed by atoms with van der Waals surface area (Å²) in [5.41, 5.74) is 0.0462. The smallest absolute Gasteiger partial charge is 0.224 e. The zero-order valence-electron chi connectivity index (χ0n) is 9.92. The number of halogens is 2. The molecule has 1 aliphatic heterocycles. The molecule has 1 heterocycles. The van der Waals surface area contributed by atoms with Gasteiger partial charge in [0.15, 0.2) is 0 Å². The fourth-order valence-corrected chi connectivity index (χ4v) is 3.18. The lowest BCUT2D eigenvalue weighted by Gasteiger charge is -2.20. The normalized spacial score (nSPS) is 19.6. The Kier molecular flexibility index (Phi) is 4.58. The molecule has 1 aromatic rings. The molecule has 98 valence electrons. The molecule has 5 heteroatoms. The third-order valence-corrected chi connectivity index (χ3v) is 4.22. The summed E-state index contributed by atoms with van der Waals surface area (Å²) in [5.74, 6) is 0.931. The quantitative estimate of drug-likeness (QED) is 0.912. The SMILES string of the molecule is O=C(CC1CCCSC1)Nc1ccc(F)cc1F. The van der Waals surface area contributed by atoms with Crippen LogP contribution in [0, 0.1) is 17.6 Å². The Labute approximate surface area is 109 Å². The first-order chi connectivity index (χ1) is 8.65. The summed E-state index contributed by atoms with van der Waals surface area (Å²) in [7, 11) is 0. The molecule has 18 heavy (non-hydrogen) atoms. The van der Waals surface area contributed by atoms with E-state index in [0.29, 0.717) is 12.3 Å². The van der Waals surface area contributed by atoms with Crippen LogP contribution in [-0.2, 0) is 4.79 Å². The van der Waals surface area contributed by atoms with Gasteiger partial charge in [0.1, 0.15) is 11.6 Å². The largest absolute Gasteiger partial charge is 0.324 e. The third kappa shape index (κ3) is 3.70. The molecule has 0 spiro atoms. The minimum Gasteiger partial charge on any atom is -0.324 e. The van der Waals surface area contributed by atoms with E-state index in [1.54, 1.807) is 0 Å². The Morgan fingerprint density at radius 3 is 2.94 bits per heavy atom. The van der Waals surface area contributed by atoms with Crippen LogP contribution in [0.3, 0.4) is 0 Å². The molecule has 2 rings (SSSR count). The van der Waals surface area contributed by atoms with Gasteiger partial charge in [0.2, 0.25) is 5.91 Å². The number of nitrogens with one attached hydrogen (secondary N) is 1. The summed E-state index contributed by atoms with van der Waals surface area (Å²) in [5, 5.41) is 2.49. The van der Waals surface area contributed by atoms with Crippen LogP contribution >= 0.6 is 11.8 Å². The van der Waals surface area contributed by atoms with E-state index in [1.165, 1.54) is 6.07 Å². The molecular formula is C13H15F2NOS. The summed E-state index contributed by atoms with van der Waals surface area (Å²) >= 11 is 1.85. The predicted molar refractivity (Wildman–Crippen MR) is 69.7 cm³/mol. The fourth-order valence-electron chi connectivity index (χ4n) is 2.02. The molecule has 1 aromatic carbocycles. The Morgan fingerprint density at radius 2 is 2.28 bits per heavy atom. The van der Waals surface area contributed by atoms with Gasteiger partial charge in [-0.2, -0.15) is 11.8 Å². The van der Waals surface area contributed by atoms with E-state index in [-0.39, 0.29) is 11.6 Å². The van der Waals surface area contributed by atoms with E-state index < -0.39 is 11.6 Å². The molecule has 0 aromatic heterocycles. The van der Waals surface area contributed by atoms with Crippen molar-refractivity contribution in [1.82, 2.24) is 0 Å². The molecule has 1 N–H and O–H groups in total. The van der Waals surface area contributed by atoms with Crippen LogP contribution in [0.5, 0.6) is 0 Å². The summed E-state index contributed by atoms with van der Waals surface area (Å²) in [6.07, 6.45) is 2.59. The van der Waals surface area contributed by atoms with E-state index in [0.717, 1.165) is 36.5 Å². The Morgan fingerprint density at radius 1 is 1.44 bits per heavy atom. The molecule has 0 saturated carbocycles. The van der Waals surface area contributed by atoms with Crippen LogP contribution in [0.2, 0.25) is 0 Å². The molecule has 0 aliphatic carbocycles. The second kappa shape index (κ2) is 6.18. The second-order valence-electron chi connectivity index (χ2n) is 4.46. The van der Waals surface area contributed by atoms with Crippen molar-refractivity contribution in [3.05, 3.63) is 29.8 Å². The van der Waals surface area contributed by atoms with Crippen molar-refractivity contribution in [1.29, 1.82) is 0 Å². The van der Waals surface area contributed by atoms with Crippen LogP contribution in [-0.4, -0.2) is 17.4 Å². The molecule has 2 nitrogen and oxygen atoms in total. The molecule has 1 saturated heterocycles. The van der Waals surface area contributed by atoms with Gasteiger partial charge in [-0.05, 0) is 42.4 Å². The van der Waals surface area contributed by atoms with Crippen molar-refractivity contribution in [2.24, 2.45) is 5.92 Å². The van der Waals surface area contributed by atoms with E-state index in [4.69, 9.17) is 0 Å². The number of amides is 1. The molecule has 0 radical (unpaired) electrons. The highest BCUT2D eigenvalue weighted by molar-refractivity contribution is 7.99. The van der Waals surface area contributed by atoms with Gasteiger partial charge in [0.05, 0.1) is 5.69 Å². The van der Waals surface area contributed by atoms with Crippen LogP contribution in [0.25, 0.3) is 0 Å². The van der Waals surface area contributed by atoms with E-state index in [2.05, 4.69) is 5.32 Å². The number of benzene rings is 1. The zero-order chi connectivity index (χ0) is 13.0. The van der Waals surface area contributed by atoms with Crippen molar-refractivity contribution in [2.45, 2.75) is 19.3 Å². The second-order valence-corrected chi connectivity index (χ2v) is 5.61. The van der Waals surface area contributed by atoms with Gasteiger partial charge in [-0.1, -0.05) is 0 Å². The number of carbonyl (C=O) groups is 1. The van der Waals surface area contributed by atoms with Gasteiger partial charge in [-0.15, -0.1) is 0 Å². The summed E-state index contributed by atoms with van der Waals surface area (Å²) in [4.78, 5) is 11.7. The first-order valence-electron chi connectivity index (χ1n) is 5.98. The minimum absolute atomic E-state index is 0.0462. The van der Waals surface area contributed by atoms with Crippen LogP contribution in [0.4, 0.5) is 14.5 Å². The summed E-state index contributed by atoms with van der Waals surface area (Å²) < 4.78 is 26.0. The topological polar surface area (TPSA) is 29.1 Å². The monoisotopic (exact) mass is 271 g/mol. The Hall–Kier alpha value is -1.10. The number of anilines is 1. The van der Waals surface area contributed by atoms with Crippen LogP contribution in [0.1, 0.15) is 19.3 Å². The first kappa shape index (κ1) is 13.3. The highest BCUT2D eigenvalue weighted by Crippen LogP contribution is 2.25. The molecular weight excluding hydrogens is 256 g/mol. The van der Waals surface area contributed by atoms with Crippen molar-refractivity contribution in [3.8, 4) is 0 Å². The third-order valence-electron chi connectivity index (χ3n) is 2.93.